The molecule has 1 amide bonds. The third-order valence-electron chi connectivity index (χ3n) is 3.94. The van der Waals surface area contributed by atoms with Gasteiger partial charge in [-0.15, -0.1) is 0 Å². The maximum Gasteiger partial charge on any atom is 0.234 e. The molecule has 1 heterocycles. The molecule has 1 fully saturated rings. The molecule has 108 valence electrons. The summed E-state index contributed by atoms with van der Waals surface area (Å²) < 4.78 is 0. The van der Waals surface area contributed by atoms with Crippen molar-refractivity contribution in [3.8, 4) is 0 Å². The summed E-state index contributed by atoms with van der Waals surface area (Å²) in [5.41, 5.74) is 14.4. The van der Waals surface area contributed by atoms with Gasteiger partial charge in [0.1, 0.15) is 4.99 Å². The molecule has 20 heavy (non-hydrogen) atoms. The van der Waals surface area contributed by atoms with E-state index in [9.17, 15) is 4.79 Å². The minimum absolute atomic E-state index is 0.140. The second kappa shape index (κ2) is 6.33. The molecular formula is C15H21N3OS. The van der Waals surface area contributed by atoms with E-state index in [2.05, 4.69) is 4.90 Å². The number of amides is 1. The van der Waals surface area contributed by atoms with Crippen LogP contribution in [0.1, 0.15) is 36.0 Å². The molecule has 4 nitrogen and oxygen atoms in total. The van der Waals surface area contributed by atoms with E-state index >= 15 is 0 Å². The number of nitrogens with two attached hydrogens (primary N) is 2. The van der Waals surface area contributed by atoms with Crippen LogP contribution in [0.3, 0.4) is 0 Å². The van der Waals surface area contributed by atoms with Crippen molar-refractivity contribution in [2.75, 3.05) is 6.54 Å². The molecule has 2 rings (SSSR count). The number of aryl methyl sites for hydroxylation is 1. The lowest BCUT2D eigenvalue weighted by molar-refractivity contribution is -0.124. The monoisotopic (exact) mass is 291 g/mol. The number of nitrogens with zero attached hydrogens (tertiary/aromatic N) is 1. The van der Waals surface area contributed by atoms with Crippen LogP contribution in [0.4, 0.5) is 0 Å². The molecule has 0 radical (unpaired) electrons. The zero-order chi connectivity index (χ0) is 14.7. The van der Waals surface area contributed by atoms with Crippen molar-refractivity contribution in [1.29, 1.82) is 0 Å². The van der Waals surface area contributed by atoms with Gasteiger partial charge in [-0.1, -0.05) is 30.8 Å². The predicted molar refractivity (Wildman–Crippen MR) is 84.3 cm³/mol. The predicted octanol–water partition coefficient (Wildman–Crippen LogP) is 1.47. The summed E-state index contributed by atoms with van der Waals surface area (Å²) >= 11 is 4.99. The zero-order valence-electron chi connectivity index (χ0n) is 11.8. The maximum atomic E-state index is 11.5. The third-order valence-corrected chi connectivity index (χ3v) is 4.18. The fourth-order valence-corrected chi connectivity index (χ4v) is 2.87. The lowest BCUT2D eigenvalue weighted by Crippen LogP contribution is -2.47. The van der Waals surface area contributed by atoms with Gasteiger partial charge in [0.15, 0.2) is 0 Å². The van der Waals surface area contributed by atoms with Crippen molar-refractivity contribution in [2.24, 2.45) is 11.5 Å². The van der Waals surface area contributed by atoms with Gasteiger partial charge >= 0.3 is 0 Å². The number of carbonyl (C=O) groups excluding carboxylic acids is 1. The highest BCUT2D eigenvalue weighted by Gasteiger charge is 2.26. The summed E-state index contributed by atoms with van der Waals surface area (Å²) in [7, 11) is 0. The van der Waals surface area contributed by atoms with E-state index < -0.39 is 0 Å². The Morgan fingerprint density at radius 2 is 2.15 bits per heavy atom. The molecular weight excluding hydrogens is 270 g/mol. The molecule has 1 atom stereocenters. The van der Waals surface area contributed by atoms with Crippen molar-refractivity contribution < 1.29 is 4.79 Å². The van der Waals surface area contributed by atoms with E-state index in [4.69, 9.17) is 23.7 Å². The van der Waals surface area contributed by atoms with Gasteiger partial charge in [-0.05, 0) is 43.5 Å². The van der Waals surface area contributed by atoms with Crippen LogP contribution in [0.5, 0.6) is 0 Å². The minimum atomic E-state index is -0.220. The summed E-state index contributed by atoms with van der Waals surface area (Å²) in [4.78, 5) is 14.1. The van der Waals surface area contributed by atoms with E-state index in [-0.39, 0.29) is 11.9 Å². The fourth-order valence-electron chi connectivity index (χ4n) is 2.75. The van der Waals surface area contributed by atoms with Crippen LogP contribution in [-0.2, 0) is 11.3 Å². The van der Waals surface area contributed by atoms with Gasteiger partial charge in [0.25, 0.3) is 0 Å². The first kappa shape index (κ1) is 14.9. The summed E-state index contributed by atoms with van der Waals surface area (Å²) in [5.74, 6) is -0.220. The van der Waals surface area contributed by atoms with Crippen molar-refractivity contribution >= 4 is 23.1 Å². The Morgan fingerprint density at radius 1 is 1.40 bits per heavy atom. The second-order valence-electron chi connectivity index (χ2n) is 5.39. The molecule has 0 bridgehead atoms. The van der Waals surface area contributed by atoms with Crippen molar-refractivity contribution in [1.82, 2.24) is 4.90 Å². The Hall–Kier alpha value is -1.46. The molecule has 0 aromatic heterocycles. The highest BCUT2D eigenvalue weighted by atomic mass is 32.1. The standard InChI is InChI=1S/C15H21N3OS/c1-10-8-11(15(17)20)5-6-12(10)9-18-7-3-2-4-13(18)14(16)19/h5-6,8,13H,2-4,7,9H2,1H3,(H2,16,19)(H2,17,20). The number of thiocarbonyl (C=S) groups is 1. The molecule has 1 aromatic carbocycles. The van der Waals surface area contributed by atoms with Gasteiger partial charge in [-0.2, -0.15) is 0 Å². The number of carbonyl (C=O) groups is 1. The number of benzene rings is 1. The topological polar surface area (TPSA) is 72.3 Å². The highest BCUT2D eigenvalue weighted by molar-refractivity contribution is 7.80. The lowest BCUT2D eigenvalue weighted by atomic mass is 9.99. The molecule has 5 heteroatoms. The molecule has 1 aliphatic rings. The van der Waals surface area contributed by atoms with Gasteiger partial charge in [0.2, 0.25) is 5.91 Å². The first-order valence-corrected chi connectivity index (χ1v) is 7.32. The smallest absolute Gasteiger partial charge is 0.234 e. The number of hydrogen-bond donors (Lipinski definition) is 2. The van der Waals surface area contributed by atoms with Crippen LogP contribution >= 0.6 is 12.2 Å². The first-order valence-electron chi connectivity index (χ1n) is 6.91. The maximum absolute atomic E-state index is 11.5. The number of likely N-dealkylation sites (tertiary alicyclic amines) is 1. The summed E-state index contributed by atoms with van der Waals surface area (Å²) in [6.45, 7) is 3.71. The molecule has 4 N–H and O–H groups in total. The lowest BCUT2D eigenvalue weighted by Gasteiger charge is -2.34. The van der Waals surface area contributed by atoms with E-state index in [0.29, 0.717) is 4.99 Å². The Kier molecular flexibility index (Phi) is 4.73. The summed E-state index contributed by atoms with van der Waals surface area (Å²) in [6.07, 6.45) is 3.05. The van der Waals surface area contributed by atoms with Crippen LogP contribution in [0.25, 0.3) is 0 Å². The summed E-state index contributed by atoms with van der Waals surface area (Å²) in [6, 6.07) is 5.84. The Bertz CT molecular complexity index is 530. The molecule has 0 spiro atoms. The van der Waals surface area contributed by atoms with E-state index in [1.54, 1.807) is 0 Å². The van der Waals surface area contributed by atoms with Gasteiger partial charge in [0.05, 0.1) is 6.04 Å². The van der Waals surface area contributed by atoms with Crippen LogP contribution in [0.2, 0.25) is 0 Å². The van der Waals surface area contributed by atoms with E-state index in [0.717, 1.165) is 43.5 Å². The zero-order valence-corrected chi connectivity index (χ0v) is 12.6. The Morgan fingerprint density at radius 3 is 2.75 bits per heavy atom. The van der Waals surface area contributed by atoms with Crippen molar-refractivity contribution in [3.63, 3.8) is 0 Å². The molecule has 1 aromatic rings. The van der Waals surface area contributed by atoms with Gasteiger partial charge < -0.3 is 11.5 Å². The third kappa shape index (κ3) is 3.35. The normalized spacial score (nSPS) is 19.8. The SMILES string of the molecule is Cc1cc(C(N)=S)ccc1CN1CCCCC1C(N)=O. The second-order valence-corrected chi connectivity index (χ2v) is 5.83. The fraction of sp³-hybridized carbons (Fsp3) is 0.467. The van der Waals surface area contributed by atoms with Crippen molar-refractivity contribution in [2.45, 2.75) is 38.8 Å². The van der Waals surface area contributed by atoms with Gasteiger partial charge in [0, 0.05) is 12.1 Å². The van der Waals surface area contributed by atoms with E-state index in [1.807, 2.05) is 25.1 Å². The van der Waals surface area contributed by atoms with Gasteiger partial charge in [-0.3, -0.25) is 9.69 Å². The first-order chi connectivity index (χ1) is 9.49. The molecule has 1 aliphatic heterocycles. The molecule has 0 aliphatic carbocycles. The Labute approximate surface area is 125 Å². The van der Waals surface area contributed by atoms with E-state index in [1.165, 1.54) is 5.56 Å². The largest absolute Gasteiger partial charge is 0.389 e. The average molecular weight is 291 g/mol. The minimum Gasteiger partial charge on any atom is -0.389 e. The number of rotatable bonds is 4. The number of piperidine rings is 1. The quantitative estimate of drug-likeness (QED) is 0.824. The Balaban J connectivity index is 2.16. The average Bonchev–Trinajstić information content (AvgIpc) is 2.41. The molecule has 0 saturated carbocycles. The summed E-state index contributed by atoms with van der Waals surface area (Å²) in [5, 5.41) is 0. The van der Waals surface area contributed by atoms with Gasteiger partial charge in [-0.25, -0.2) is 0 Å². The van der Waals surface area contributed by atoms with Crippen LogP contribution in [0.15, 0.2) is 18.2 Å². The van der Waals surface area contributed by atoms with Crippen LogP contribution in [0, 0.1) is 6.92 Å². The van der Waals surface area contributed by atoms with Crippen LogP contribution in [-0.4, -0.2) is 28.4 Å². The molecule has 1 unspecified atom stereocenters. The number of hydrogen-bond acceptors (Lipinski definition) is 3. The molecule has 1 saturated heterocycles. The highest BCUT2D eigenvalue weighted by Crippen LogP contribution is 2.21. The van der Waals surface area contributed by atoms with Crippen LogP contribution < -0.4 is 11.5 Å². The van der Waals surface area contributed by atoms with Crippen molar-refractivity contribution in [3.05, 3.63) is 34.9 Å². The number of primary amides is 1.